The summed E-state index contributed by atoms with van der Waals surface area (Å²) in [5, 5.41) is 2.92. The van der Waals surface area contributed by atoms with Gasteiger partial charge in [0.1, 0.15) is 11.6 Å². The van der Waals surface area contributed by atoms with E-state index in [4.69, 9.17) is 5.73 Å². The van der Waals surface area contributed by atoms with E-state index in [-0.39, 0.29) is 11.6 Å². The van der Waals surface area contributed by atoms with Gasteiger partial charge in [0.25, 0.3) is 0 Å². The van der Waals surface area contributed by atoms with Crippen LogP contribution < -0.4 is 11.1 Å². The predicted molar refractivity (Wildman–Crippen MR) is 77.0 cm³/mol. The summed E-state index contributed by atoms with van der Waals surface area (Å²) in [5.74, 6) is 0.0404. The normalized spacial score (nSPS) is 16.6. The van der Waals surface area contributed by atoms with E-state index in [0.29, 0.717) is 12.6 Å². The molecule has 0 atom stereocenters. The number of rotatable bonds is 5. The van der Waals surface area contributed by atoms with Gasteiger partial charge >= 0.3 is 6.18 Å². The van der Waals surface area contributed by atoms with Crippen LogP contribution in [0, 0.1) is 0 Å². The van der Waals surface area contributed by atoms with Crippen LogP contribution in [0.25, 0.3) is 0 Å². The van der Waals surface area contributed by atoms with Gasteiger partial charge in [-0.15, -0.1) is 0 Å². The SMILES string of the molecule is CN(CCNc1cc(C(F)(F)F)cc(N)n1)C1CCCC1. The summed E-state index contributed by atoms with van der Waals surface area (Å²) in [6.07, 6.45) is 0.507. The lowest BCUT2D eigenvalue weighted by Crippen LogP contribution is -2.33. The topological polar surface area (TPSA) is 54.2 Å². The van der Waals surface area contributed by atoms with Crippen LogP contribution in [0.3, 0.4) is 0 Å². The summed E-state index contributed by atoms with van der Waals surface area (Å²) >= 11 is 0. The summed E-state index contributed by atoms with van der Waals surface area (Å²) in [6.45, 7) is 1.31. The maximum absolute atomic E-state index is 12.7. The zero-order chi connectivity index (χ0) is 15.5. The van der Waals surface area contributed by atoms with Gasteiger partial charge < -0.3 is 16.0 Å². The lowest BCUT2D eigenvalue weighted by Gasteiger charge is -2.24. The molecule has 1 aliphatic rings. The number of pyridine rings is 1. The Kier molecular flexibility index (Phi) is 4.92. The Morgan fingerprint density at radius 3 is 2.62 bits per heavy atom. The Balaban J connectivity index is 1.89. The van der Waals surface area contributed by atoms with Crippen LogP contribution >= 0.6 is 0 Å². The number of nitrogen functional groups attached to an aromatic ring is 1. The van der Waals surface area contributed by atoms with Crippen LogP contribution in [-0.4, -0.2) is 36.1 Å². The average molecular weight is 302 g/mol. The van der Waals surface area contributed by atoms with Crippen molar-refractivity contribution >= 4 is 11.6 Å². The summed E-state index contributed by atoms with van der Waals surface area (Å²) in [4.78, 5) is 6.14. The molecule has 1 fully saturated rings. The Hall–Kier alpha value is -1.50. The summed E-state index contributed by atoms with van der Waals surface area (Å²) in [6, 6.07) is 2.42. The highest BCUT2D eigenvalue weighted by molar-refractivity contribution is 5.47. The monoisotopic (exact) mass is 302 g/mol. The molecule has 1 aromatic rings. The summed E-state index contributed by atoms with van der Waals surface area (Å²) in [7, 11) is 2.05. The number of anilines is 2. The van der Waals surface area contributed by atoms with E-state index in [2.05, 4.69) is 15.2 Å². The molecule has 0 unspecified atom stereocenters. The average Bonchev–Trinajstić information content (AvgIpc) is 2.90. The molecule has 0 aliphatic heterocycles. The quantitative estimate of drug-likeness (QED) is 0.878. The molecule has 1 aliphatic carbocycles. The van der Waals surface area contributed by atoms with Gasteiger partial charge in [-0.25, -0.2) is 4.98 Å². The first-order chi connectivity index (χ1) is 9.86. The van der Waals surface area contributed by atoms with Gasteiger partial charge in [-0.1, -0.05) is 12.8 Å². The van der Waals surface area contributed by atoms with E-state index in [1.54, 1.807) is 0 Å². The van der Waals surface area contributed by atoms with Crippen molar-refractivity contribution in [2.24, 2.45) is 0 Å². The van der Waals surface area contributed by atoms with E-state index in [1.807, 2.05) is 7.05 Å². The van der Waals surface area contributed by atoms with E-state index < -0.39 is 11.7 Å². The van der Waals surface area contributed by atoms with Gasteiger partial charge in [-0.3, -0.25) is 0 Å². The summed E-state index contributed by atoms with van der Waals surface area (Å²) < 4.78 is 38.0. The standard InChI is InChI=1S/C14H21F3N4/c1-21(11-4-2-3-5-11)7-6-19-13-9-10(14(15,16)17)8-12(18)20-13/h8-9,11H,2-7H2,1H3,(H3,18,19,20). The number of hydrogen-bond acceptors (Lipinski definition) is 4. The number of likely N-dealkylation sites (N-methyl/N-ethyl adjacent to an activating group) is 1. The summed E-state index contributed by atoms with van der Waals surface area (Å²) in [5.41, 5.74) is 4.65. The van der Waals surface area contributed by atoms with E-state index in [9.17, 15) is 13.2 Å². The first-order valence-electron chi connectivity index (χ1n) is 7.15. The molecule has 21 heavy (non-hydrogen) atoms. The van der Waals surface area contributed by atoms with Crippen LogP contribution in [0.4, 0.5) is 24.8 Å². The van der Waals surface area contributed by atoms with Crippen LogP contribution in [-0.2, 0) is 6.18 Å². The minimum absolute atomic E-state index is 0.128. The fraction of sp³-hybridized carbons (Fsp3) is 0.643. The van der Waals surface area contributed by atoms with Crippen molar-refractivity contribution < 1.29 is 13.2 Å². The smallest absolute Gasteiger partial charge is 0.384 e. The molecular formula is C14H21F3N4. The Labute approximate surface area is 122 Å². The Morgan fingerprint density at radius 2 is 2.00 bits per heavy atom. The fourth-order valence-electron chi connectivity index (χ4n) is 2.69. The number of nitrogens with zero attached hydrogens (tertiary/aromatic N) is 2. The molecule has 4 nitrogen and oxygen atoms in total. The van der Waals surface area contributed by atoms with Crippen LogP contribution in [0.15, 0.2) is 12.1 Å². The molecule has 2 rings (SSSR count). The van der Waals surface area contributed by atoms with Crippen molar-refractivity contribution in [3.8, 4) is 0 Å². The largest absolute Gasteiger partial charge is 0.416 e. The third-order valence-corrected chi connectivity index (χ3v) is 3.89. The molecular weight excluding hydrogens is 281 g/mol. The molecule has 7 heteroatoms. The van der Waals surface area contributed by atoms with Crippen molar-refractivity contribution in [1.29, 1.82) is 0 Å². The van der Waals surface area contributed by atoms with E-state index >= 15 is 0 Å². The molecule has 0 saturated heterocycles. The molecule has 0 amide bonds. The van der Waals surface area contributed by atoms with Gasteiger partial charge in [-0.2, -0.15) is 13.2 Å². The van der Waals surface area contributed by atoms with Gasteiger partial charge in [-0.05, 0) is 32.0 Å². The molecule has 0 aromatic carbocycles. The maximum Gasteiger partial charge on any atom is 0.416 e. The molecule has 0 spiro atoms. The number of nitrogens with one attached hydrogen (secondary N) is 1. The van der Waals surface area contributed by atoms with Crippen LogP contribution in [0.5, 0.6) is 0 Å². The maximum atomic E-state index is 12.7. The molecule has 118 valence electrons. The molecule has 1 aromatic heterocycles. The number of aromatic nitrogens is 1. The highest BCUT2D eigenvalue weighted by Crippen LogP contribution is 2.31. The first-order valence-corrected chi connectivity index (χ1v) is 7.15. The van der Waals surface area contributed by atoms with Crippen molar-refractivity contribution in [2.75, 3.05) is 31.2 Å². The Bertz CT molecular complexity index is 470. The predicted octanol–water partition coefficient (Wildman–Crippen LogP) is 2.97. The zero-order valence-electron chi connectivity index (χ0n) is 12.1. The zero-order valence-corrected chi connectivity index (χ0v) is 12.1. The fourth-order valence-corrected chi connectivity index (χ4v) is 2.69. The van der Waals surface area contributed by atoms with E-state index in [1.165, 1.54) is 25.7 Å². The molecule has 1 heterocycles. The van der Waals surface area contributed by atoms with Gasteiger partial charge in [0, 0.05) is 19.1 Å². The number of alkyl halides is 3. The minimum atomic E-state index is -4.41. The molecule has 0 bridgehead atoms. The van der Waals surface area contributed by atoms with Crippen molar-refractivity contribution in [1.82, 2.24) is 9.88 Å². The number of halogens is 3. The van der Waals surface area contributed by atoms with E-state index in [0.717, 1.165) is 18.7 Å². The van der Waals surface area contributed by atoms with Crippen molar-refractivity contribution in [3.63, 3.8) is 0 Å². The Morgan fingerprint density at radius 1 is 1.33 bits per heavy atom. The highest BCUT2D eigenvalue weighted by Gasteiger charge is 2.31. The van der Waals surface area contributed by atoms with Gasteiger partial charge in [0.15, 0.2) is 0 Å². The van der Waals surface area contributed by atoms with Crippen molar-refractivity contribution in [3.05, 3.63) is 17.7 Å². The second-order valence-corrected chi connectivity index (χ2v) is 5.51. The lowest BCUT2D eigenvalue weighted by molar-refractivity contribution is -0.137. The molecule has 1 saturated carbocycles. The van der Waals surface area contributed by atoms with Gasteiger partial charge in [0.05, 0.1) is 5.56 Å². The molecule has 0 radical (unpaired) electrons. The number of hydrogen-bond donors (Lipinski definition) is 2. The minimum Gasteiger partial charge on any atom is -0.384 e. The third-order valence-electron chi connectivity index (χ3n) is 3.89. The van der Waals surface area contributed by atoms with Crippen LogP contribution in [0.1, 0.15) is 31.2 Å². The number of nitrogens with two attached hydrogens (primary N) is 1. The second-order valence-electron chi connectivity index (χ2n) is 5.51. The first kappa shape index (κ1) is 15.9. The second kappa shape index (κ2) is 6.51. The third kappa shape index (κ3) is 4.49. The van der Waals surface area contributed by atoms with Crippen molar-refractivity contribution in [2.45, 2.75) is 37.9 Å². The lowest BCUT2D eigenvalue weighted by atomic mass is 10.2. The highest BCUT2D eigenvalue weighted by atomic mass is 19.4. The van der Waals surface area contributed by atoms with Crippen LogP contribution in [0.2, 0.25) is 0 Å². The van der Waals surface area contributed by atoms with Gasteiger partial charge in [0.2, 0.25) is 0 Å². The molecule has 3 N–H and O–H groups in total.